The van der Waals surface area contributed by atoms with E-state index < -0.39 is 11.0 Å². The van der Waals surface area contributed by atoms with Gasteiger partial charge in [-0.15, -0.1) is 0 Å². The average Bonchev–Trinajstić information content (AvgIpc) is 3.39. The van der Waals surface area contributed by atoms with Crippen molar-refractivity contribution in [3.63, 3.8) is 0 Å². The smallest absolute Gasteiger partial charge is 0.324 e. The highest BCUT2D eigenvalue weighted by atomic mass is 16.2. The number of nitrogens with zero attached hydrogens (tertiary/aromatic N) is 3. The fraction of sp³-hybridized carbons (Fsp3) is 0.296. The number of rotatable bonds is 2. The molecule has 1 fully saturated rings. The fourth-order valence-electron chi connectivity index (χ4n) is 6.42. The van der Waals surface area contributed by atoms with Gasteiger partial charge in [0.05, 0.1) is 28.9 Å². The number of anilines is 2. The molecule has 3 aromatic rings. The Hall–Kier alpha value is -4.27. The van der Waals surface area contributed by atoms with Gasteiger partial charge in [0.25, 0.3) is 5.91 Å². The monoisotopic (exact) mass is 481 g/mol. The van der Waals surface area contributed by atoms with Crippen LogP contribution >= 0.6 is 0 Å². The van der Waals surface area contributed by atoms with Gasteiger partial charge in [-0.25, -0.2) is 4.79 Å². The van der Waals surface area contributed by atoms with Crippen LogP contribution in [0.3, 0.4) is 0 Å². The van der Waals surface area contributed by atoms with Gasteiger partial charge in [-0.2, -0.15) is 0 Å². The second-order valence-corrected chi connectivity index (χ2v) is 10.5. The Bertz CT molecular complexity index is 1580. The maximum absolute atomic E-state index is 13.5. The zero-order chi connectivity index (χ0) is 25.0. The Morgan fingerprint density at radius 2 is 1.75 bits per heavy atom. The lowest BCUT2D eigenvalue weighted by Gasteiger charge is -2.29. The summed E-state index contributed by atoms with van der Waals surface area (Å²) in [5, 5.41) is 6.26. The van der Waals surface area contributed by atoms with Gasteiger partial charge in [0.2, 0.25) is 11.8 Å². The first-order valence-electron chi connectivity index (χ1n) is 12.0. The number of carbonyl (C=O) groups excluding carboxylic acids is 4. The molecule has 2 N–H and O–H groups in total. The molecule has 4 heterocycles. The maximum Gasteiger partial charge on any atom is 0.324 e. The number of likely N-dealkylation sites (N-methyl/N-ethyl adjacent to an activating group) is 1. The van der Waals surface area contributed by atoms with E-state index in [-0.39, 0.29) is 36.7 Å². The highest BCUT2D eigenvalue weighted by molar-refractivity contribution is 6.15. The number of fused-ring (bicyclic) bond motifs is 2. The Morgan fingerprint density at radius 1 is 0.972 bits per heavy atom. The maximum atomic E-state index is 13.5. The minimum atomic E-state index is -0.884. The first-order valence-corrected chi connectivity index (χ1v) is 12.0. The molecule has 2 aromatic carbocycles. The molecule has 5 amide bonds. The second-order valence-electron chi connectivity index (χ2n) is 10.5. The standard InChI is InChI=1S/C27H23N5O4/c1-26-12-21(33)29-18-4-3-5-20(22(18)26)32(24(26)35)13-17-7-6-14-8-15-10-27(11-16(15)9-19(14)28-17)23(34)30-25(36)31(27)2/h3-9H,10-13H2,1-2H3,(H,29,33)(H,30,34,36). The van der Waals surface area contributed by atoms with E-state index in [0.29, 0.717) is 18.5 Å². The number of imide groups is 1. The van der Waals surface area contributed by atoms with Crippen LogP contribution < -0.4 is 15.5 Å². The Labute approximate surface area is 206 Å². The van der Waals surface area contributed by atoms with Crippen molar-refractivity contribution in [3.8, 4) is 0 Å². The molecule has 1 saturated heterocycles. The molecule has 9 nitrogen and oxygen atoms in total. The van der Waals surface area contributed by atoms with Crippen molar-refractivity contribution in [1.82, 2.24) is 15.2 Å². The van der Waals surface area contributed by atoms with Gasteiger partial charge in [0.1, 0.15) is 5.54 Å². The van der Waals surface area contributed by atoms with Crippen LogP contribution in [0.2, 0.25) is 0 Å². The summed E-state index contributed by atoms with van der Waals surface area (Å²) in [6, 6.07) is 13.1. The van der Waals surface area contributed by atoms with E-state index in [1.165, 1.54) is 4.90 Å². The minimum Gasteiger partial charge on any atom is -0.326 e. The molecule has 1 aliphatic carbocycles. The molecule has 0 radical (unpaired) electrons. The summed E-state index contributed by atoms with van der Waals surface area (Å²) in [5.74, 6) is -0.517. The molecule has 36 heavy (non-hydrogen) atoms. The molecule has 7 rings (SSSR count). The summed E-state index contributed by atoms with van der Waals surface area (Å²) in [6.45, 7) is 2.12. The summed E-state index contributed by atoms with van der Waals surface area (Å²) >= 11 is 0. The quantitative estimate of drug-likeness (QED) is 0.546. The minimum absolute atomic E-state index is 0.0995. The van der Waals surface area contributed by atoms with Crippen molar-refractivity contribution in [2.75, 3.05) is 17.3 Å². The van der Waals surface area contributed by atoms with Crippen molar-refractivity contribution in [2.24, 2.45) is 0 Å². The number of hydrogen-bond donors (Lipinski definition) is 2. The predicted octanol–water partition coefficient (Wildman–Crippen LogP) is 2.40. The van der Waals surface area contributed by atoms with E-state index in [2.05, 4.69) is 10.6 Å². The average molecular weight is 482 g/mol. The van der Waals surface area contributed by atoms with Crippen LogP contribution in [0.4, 0.5) is 16.2 Å². The number of carbonyl (C=O) groups is 4. The molecule has 2 unspecified atom stereocenters. The number of hydrogen-bond acceptors (Lipinski definition) is 5. The van der Waals surface area contributed by atoms with Crippen LogP contribution in [0.5, 0.6) is 0 Å². The largest absolute Gasteiger partial charge is 0.326 e. The molecule has 1 spiro atoms. The molecule has 0 bridgehead atoms. The topological polar surface area (TPSA) is 112 Å². The molecule has 180 valence electrons. The zero-order valence-electron chi connectivity index (χ0n) is 19.8. The SMILES string of the molecule is CN1C(=O)NC(=O)C12Cc1cc3ccc(CN4C(=O)C5(C)CC(=O)Nc6cccc4c65)nc3cc1C2. The summed E-state index contributed by atoms with van der Waals surface area (Å²) in [7, 11) is 1.66. The molecule has 9 heteroatoms. The van der Waals surface area contributed by atoms with Crippen LogP contribution in [0.1, 0.15) is 35.7 Å². The third-order valence-electron chi connectivity index (χ3n) is 8.33. The molecule has 1 aromatic heterocycles. The molecule has 4 aliphatic rings. The van der Waals surface area contributed by atoms with E-state index in [1.807, 2.05) is 49.4 Å². The van der Waals surface area contributed by atoms with Gasteiger partial charge in [-0.05, 0) is 48.4 Å². The van der Waals surface area contributed by atoms with Gasteiger partial charge in [0, 0.05) is 42.9 Å². The van der Waals surface area contributed by atoms with Crippen molar-refractivity contribution >= 4 is 46.0 Å². The number of pyridine rings is 1. The van der Waals surface area contributed by atoms with E-state index in [1.54, 1.807) is 11.9 Å². The lowest BCUT2D eigenvalue weighted by atomic mass is 9.77. The molecule has 0 saturated carbocycles. The summed E-state index contributed by atoms with van der Waals surface area (Å²) < 4.78 is 0. The number of aromatic nitrogens is 1. The Balaban J connectivity index is 1.24. The third-order valence-corrected chi connectivity index (χ3v) is 8.33. The van der Waals surface area contributed by atoms with Crippen molar-refractivity contribution < 1.29 is 19.2 Å². The first kappa shape index (κ1) is 21.0. The van der Waals surface area contributed by atoms with E-state index in [9.17, 15) is 19.2 Å². The van der Waals surface area contributed by atoms with E-state index in [0.717, 1.165) is 39.0 Å². The van der Waals surface area contributed by atoms with Crippen LogP contribution in [-0.2, 0) is 39.2 Å². The lowest BCUT2D eigenvalue weighted by molar-refractivity contribution is -0.127. The van der Waals surface area contributed by atoms with Crippen molar-refractivity contribution in [1.29, 1.82) is 0 Å². The zero-order valence-corrected chi connectivity index (χ0v) is 19.8. The van der Waals surface area contributed by atoms with Crippen LogP contribution in [-0.4, -0.2) is 46.2 Å². The summed E-state index contributed by atoms with van der Waals surface area (Å²) in [6.07, 6.45) is 1.04. The second kappa shape index (κ2) is 6.69. The predicted molar refractivity (Wildman–Crippen MR) is 131 cm³/mol. The Morgan fingerprint density at radius 3 is 2.50 bits per heavy atom. The van der Waals surface area contributed by atoms with Crippen molar-refractivity contribution in [2.45, 2.75) is 43.7 Å². The molecular weight excluding hydrogens is 458 g/mol. The number of benzene rings is 2. The van der Waals surface area contributed by atoms with Crippen LogP contribution in [0.25, 0.3) is 10.9 Å². The molecule has 2 atom stereocenters. The summed E-state index contributed by atoms with van der Waals surface area (Å²) in [4.78, 5) is 58.6. The van der Waals surface area contributed by atoms with Gasteiger partial charge in [-0.3, -0.25) is 24.7 Å². The normalized spacial score (nSPS) is 26.1. The number of nitrogens with one attached hydrogen (secondary N) is 2. The van der Waals surface area contributed by atoms with Gasteiger partial charge in [-0.1, -0.05) is 12.1 Å². The van der Waals surface area contributed by atoms with Crippen LogP contribution in [0.15, 0.2) is 42.5 Å². The Kier molecular flexibility index (Phi) is 3.91. The van der Waals surface area contributed by atoms with Gasteiger partial charge < -0.3 is 15.1 Å². The highest BCUT2D eigenvalue weighted by Crippen LogP contribution is 2.50. The van der Waals surface area contributed by atoms with Crippen LogP contribution in [0, 0.1) is 0 Å². The fourth-order valence-corrected chi connectivity index (χ4v) is 6.42. The first-order chi connectivity index (χ1) is 17.2. The summed E-state index contributed by atoms with van der Waals surface area (Å²) in [5.41, 5.74) is 4.14. The van der Waals surface area contributed by atoms with E-state index in [4.69, 9.17) is 4.98 Å². The van der Waals surface area contributed by atoms with Gasteiger partial charge in [0.15, 0.2) is 0 Å². The third kappa shape index (κ3) is 2.57. The van der Waals surface area contributed by atoms with Gasteiger partial charge >= 0.3 is 6.03 Å². The molecule has 3 aliphatic heterocycles. The molecular formula is C27H23N5O4. The number of urea groups is 1. The number of amides is 5. The lowest BCUT2D eigenvalue weighted by Crippen LogP contribution is -2.48. The highest BCUT2D eigenvalue weighted by Gasteiger charge is 2.54. The van der Waals surface area contributed by atoms with Crippen molar-refractivity contribution in [3.05, 3.63) is 64.8 Å². The van der Waals surface area contributed by atoms with E-state index >= 15 is 0 Å².